The molecule has 0 aromatic rings. The summed E-state index contributed by atoms with van der Waals surface area (Å²) < 4.78 is 5.33. The quantitative estimate of drug-likeness (QED) is 0.503. The third-order valence-corrected chi connectivity index (χ3v) is 1.42. The van der Waals surface area contributed by atoms with Crippen molar-refractivity contribution in [1.29, 1.82) is 0 Å². The van der Waals surface area contributed by atoms with E-state index in [2.05, 4.69) is 5.32 Å². The van der Waals surface area contributed by atoms with Gasteiger partial charge in [0.2, 0.25) is 0 Å². The Balaban J connectivity index is 2.11. The summed E-state index contributed by atoms with van der Waals surface area (Å²) in [4.78, 5) is 0. The summed E-state index contributed by atoms with van der Waals surface area (Å²) in [7, 11) is 0. The van der Waals surface area contributed by atoms with Crippen molar-refractivity contribution in [3.63, 3.8) is 0 Å². The normalized spacial score (nSPS) is 30.7. The van der Waals surface area contributed by atoms with Crippen molar-refractivity contribution in [2.75, 3.05) is 13.1 Å². The van der Waals surface area contributed by atoms with Gasteiger partial charge in [0.25, 0.3) is 0 Å². The molecule has 0 spiro atoms. The number of ether oxygens (including phenoxy) is 1. The van der Waals surface area contributed by atoms with Crippen LogP contribution < -0.4 is 11.1 Å². The summed E-state index contributed by atoms with van der Waals surface area (Å²) >= 11 is 0. The Morgan fingerprint density at radius 2 is 2.56 bits per heavy atom. The van der Waals surface area contributed by atoms with Gasteiger partial charge in [0, 0.05) is 6.54 Å². The van der Waals surface area contributed by atoms with Crippen molar-refractivity contribution < 1.29 is 4.74 Å². The molecule has 3 N–H and O–H groups in total. The highest BCUT2D eigenvalue weighted by molar-refractivity contribution is 4.71. The molecule has 0 aromatic carbocycles. The summed E-state index contributed by atoms with van der Waals surface area (Å²) in [5.74, 6) is 0. The molecule has 0 radical (unpaired) electrons. The van der Waals surface area contributed by atoms with Crippen LogP contribution in [0.25, 0.3) is 0 Å². The molecule has 1 saturated heterocycles. The zero-order valence-electron chi connectivity index (χ0n) is 5.76. The number of nitrogens with one attached hydrogen (secondary N) is 1. The third-order valence-electron chi connectivity index (χ3n) is 1.42. The van der Waals surface area contributed by atoms with Crippen LogP contribution in [0.2, 0.25) is 0 Å². The molecule has 0 amide bonds. The van der Waals surface area contributed by atoms with Crippen LogP contribution in [0.3, 0.4) is 0 Å². The molecule has 1 heterocycles. The van der Waals surface area contributed by atoms with Crippen LogP contribution in [0.4, 0.5) is 0 Å². The maximum atomic E-state index is 5.42. The molecule has 3 nitrogen and oxygen atoms in total. The van der Waals surface area contributed by atoms with Crippen molar-refractivity contribution in [1.82, 2.24) is 5.32 Å². The Bertz CT molecular complexity index is 79.1. The van der Waals surface area contributed by atoms with Gasteiger partial charge in [-0.15, -0.1) is 0 Å². The van der Waals surface area contributed by atoms with Crippen LogP contribution in [0, 0.1) is 0 Å². The van der Waals surface area contributed by atoms with Gasteiger partial charge in [-0.25, -0.2) is 0 Å². The summed E-state index contributed by atoms with van der Waals surface area (Å²) in [5.41, 5.74) is 5.42. The SMILES string of the molecule is CC(N)OC1CCNC1. The van der Waals surface area contributed by atoms with Crippen LogP contribution in [0.15, 0.2) is 0 Å². The van der Waals surface area contributed by atoms with Gasteiger partial charge in [0.05, 0.1) is 6.10 Å². The highest BCUT2D eigenvalue weighted by Crippen LogP contribution is 2.03. The standard InChI is InChI=1S/C6H14N2O/c1-5(7)9-6-2-3-8-4-6/h5-6,8H,2-4,7H2,1H3. The van der Waals surface area contributed by atoms with Gasteiger partial charge in [0.1, 0.15) is 6.23 Å². The Labute approximate surface area is 55.6 Å². The van der Waals surface area contributed by atoms with Crippen LogP contribution in [-0.4, -0.2) is 25.4 Å². The van der Waals surface area contributed by atoms with Crippen LogP contribution in [0.5, 0.6) is 0 Å². The third kappa shape index (κ3) is 2.30. The molecular weight excluding hydrogens is 116 g/mol. The van der Waals surface area contributed by atoms with Gasteiger partial charge in [-0.3, -0.25) is 0 Å². The lowest BCUT2D eigenvalue weighted by molar-refractivity contribution is 0.0133. The van der Waals surface area contributed by atoms with Gasteiger partial charge in [-0.05, 0) is 19.9 Å². The predicted molar refractivity (Wildman–Crippen MR) is 36.0 cm³/mol. The molecule has 54 valence electrons. The maximum Gasteiger partial charge on any atom is 0.103 e. The van der Waals surface area contributed by atoms with Crippen molar-refractivity contribution in [2.45, 2.75) is 25.7 Å². The fraction of sp³-hybridized carbons (Fsp3) is 1.00. The average Bonchev–Trinajstić information content (AvgIpc) is 2.15. The van der Waals surface area contributed by atoms with Crippen LogP contribution in [-0.2, 0) is 4.74 Å². The van der Waals surface area contributed by atoms with E-state index in [0.29, 0.717) is 6.10 Å². The molecule has 0 aromatic heterocycles. The monoisotopic (exact) mass is 130 g/mol. The summed E-state index contributed by atoms with van der Waals surface area (Å²) in [6.45, 7) is 3.89. The molecule has 1 aliphatic rings. The second-order valence-electron chi connectivity index (χ2n) is 2.46. The van der Waals surface area contributed by atoms with Crippen molar-refractivity contribution >= 4 is 0 Å². The first-order chi connectivity index (χ1) is 4.29. The predicted octanol–water partition coefficient (Wildman–Crippen LogP) is -0.330. The summed E-state index contributed by atoms with van der Waals surface area (Å²) in [6.07, 6.45) is 1.33. The molecule has 0 aliphatic carbocycles. The Morgan fingerprint density at radius 1 is 1.78 bits per heavy atom. The Morgan fingerprint density at radius 3 is 3.00 bits per heavy atom. The van der Waals surface area contributed by atoms with Gasteiger partial charge in [-0.2, -0.15) is 0 Å². The summed E-state index contributed by atoms with van der Waals surface area (Å²) in [6, 6.07) is 0. The molecule has 9 heavy (non-hydrogen) atoms. The van der Waals surface area contributed by atoms with E-state index in [4.69, 9.17) is 10.5 Å². The summed E-state index contributed by atoms with van der Waals surface area (Å²) in [5, 5.41) is 3.20. The van der Waals surface area contributed by atoms with Gasteiger partial charge < -0.3 is 15.8 Å². The smallest absolute Gasteiger partial charge is 0.103 e. The fourth-order valence-corrected chi connectivity index (χ4v) is 1.05. The van der Waals surface area contributed by atoms with Crippen LogP contribution in [0.1, 0.15) is 13.3 Å². The first-order valence-electron chi connectivity index (χ1n) is 3.41. The largest absolute Gasteiger partial charge is 0.359 e. The van der Waals surface area contributed by atoms with E-state index in [0.717, 1.165) is 19.5 Å². The van der Waals surface area contributed by atoms with Crippen LogP contribution >= 0.6 is 0 Å². The number of hydrogen-bond acceptors (Lipinski definition) is 3. The van der Waals surface area contributed by atoms with E-state index < -0.39 is 0 Å². The minimum absolute atomic E-state index is 0.116. The topological polar surface area (TPSA) is 47.3 Å². The second kappa shape index (κ2) is 3.15. The molecule has 1 aliphatic heterocycles. The molecular formula is C6H14N2O. The van der Waals surface area contributed by atoms with Gasteiger partial charge in [0.15, 0.2) is 0 Å². The van der Waals surface area contributed by atoms with E-state index in [1.54, 1.807) is 0 Å². The van der Waals surface area contributed by atoms with E-state index in [1.807, 2.05) is 6.92 Å². The molecule has 2 atom stereocenters. The van der Waals surface area contributed by atoms with Gasteiger partial charge >= 0.3 is 0 Å². The minimum atomic E-state index is -0.116. The zero-order chi connectivity index (χ0) is 6.69. The molecule has 0 bridgehead atoms. The van der Waals surface area contributed by atoms with E-state index in [1.165, 1.54) is 0 Å². The van der Waals surface area contributed by atoms with Crippen molar-refractivity contribution in [2.24, 2.45) is 5.73 Å². The molecule has 3 heteroatoms. The zero-order valence-corrected chi connectivity index (χ0v) is 5.76. The molecule has 1 rings (SSSR count). The number of nitrogens with two attached hydrogens (primary N) is 1. The van der Waals surface area contributed by atoms with Gasteiger partial charge in [-0.1, -0.05) is 0 Å². The highest BCUT2D eigenvalue weighted by atomic mass is 16.5. The first-order valence-corrected chi connectivity index (χ1v) is 3.41. The lowest BCUT2D eigenvalue weighted by Gasteiger charge is -2.12. The highest BCUT2D eigenvalue weighted by Gasteiger charge is 2.15. The second-order valence-corrected chi connectivity index (χ2v) is 2.46. The number of hydrogen-bond donors (Lipinski definition) is 2. The van der Waals surface area contributed by atoms with Crippen molar-refractivity contribution in [3.05, 3.63) is 0 Å². The van der Waals surface area contributed by atoms with E-state index in [-0.39, 0.29) is 6.23 Å². The Hall–Kier alpha value is -0.120. The average molecular weight is 130 g/mol. The van der Waals surface area contributed by atoms with E-state index >= 15 is 0 Å². The lowest BCUT2D eigenvalue weighted by atomic mass is 10.3. The minimum Gasteiger partial charge on any atom is -0.359 e. The fourth-order valence-electron chi connectivity index (χ4n) is 1.05. The van der Waals surface area contributed by atoms with E-state index in [9.17, 15) is 0 Å². The molecule has 2 unspecified atom stereocenters. The Kier molecular flexibility index (Phi) is 2.45. The maximum absolute atomic E-state index is 5.42. The lowest BCUT2D eigenvalue weighted by Crippen LogP contribution is -2.27. The first kappa shape index (κ1) is 6.99. The molecule has 0 saturated carbocycles. The van der Waals surface area contributed by atoms with Crippen molar-refractivity contribution in [3.8, 4) is 0 Å². The number of rotatable bonds is 2. The molecule has 1 fully saturated rings.